The standard InChI is InChI=1S/C11H12N6OS/c1-5-2-6(19-4-5)3-17-8-7(14-11(17)13)9(18)16-10(12)15-8/h2,4H,3H2,1H3,(H2,13,14)(H3,12,15,16,18). The van der Waals surface area contributed by atoms with E-state index in [4.69, 9.17) is 11.5 Å². The number of aryl methyl sites for hydroxylation is 1. The number of nitrogens with two attached hydrogens (primary N) is 2. The molecule has 3 aromatic heterocycles. The Hall–Kier alpha value is -2.35. The lowest BCUT2D eigenvalue weighted by molar-refractivity contribution is 0.840. The van der Waals surface area contributed by atoms with Gasteiger partial charge in [0.25, 0.3) is 5.56 Å². The zero-order valence-electron chi connectivity index (χ0n) is 10.2. The van der Waals surface area contributed by atoms with Crippen LogP contribution in [0.25, 0.3) is 11.2 Å². The Labute approximate surface area is 111 Å². The molecule has 3 rings (SSSR count). The minimum atomic E-state index is -0.379. The highest BCUT2D eigenvalue weighted by Crippen LogP contribution is 2.19. The molecule has 0 aliphatic carbocycles. The van der Waals surface area contributed by atoms with Crippen molar-refractivity contribution in [1.29, 1.82) is 0 Å². The number of rotatable bonds is 2. The van der Waals surface area contributed by atoms with Crippen LogP contribution in [0.1, 0.15) is 10.4 Å². The topological polar surface area (TPSA) is 116 Å². The number of thiophene rings is 1. The summed E-state index contributed by atoms with van der Waals surface area (Å²) in [7, 11) is 0. The molecular weight excluding hydrogens is 264 g/mol. The summed E-state index contributed by atoms with van der Waals surface area (Å²) < 4.78 is 1.69. The molecule has 3 aromatic rings. The highest BCUT2D eigenvalue weighted by molar-refractivity contribution is 7.10. The smallest absolute Gasteiger partial charge is 0.280 e. The number of anilines is 2. The Morgan fingerprint density at radius 1 is 1.42 bits per heavy atom. The van der Waals surface area contributed by atoms with E-state index in [0.29, 0.717) is 12.2 Å². The van der Waals surface area contributed by atoms with Gasteiger partial charge in [-0.05, 0) is 23.9 Å². The van der Waals surface area contributed by atoms with E-state index < -0.39 is 0 Å². The monoisotopic (exact) mass is 276 g/mol. The molecule has 0 aromatic carbocycles. The molecule has 0 amide bonds. The third-order valence-corrected chi connectivity index (χ3v) is 3.79. The van der Waals surface area contributed by atoms with Crippen molar-refractivity contribution < 1.29 is 0 Å². The largest absolute Gasteiger partial charge is 0.369 e. The van der Waals surface area contributed by atoms with E-state index >= 15 is 0 Å². The van der Waals surface area contributed by atoms with Gasteiger partial charge in [0.05, 0.1) is 6.54 Å². The molecule has 0 bridgehead atoms. The summed E-state index contributed by atoms with van der Waals surface area (Å²) in [5.74, 6) is 0.311. The minimum absolute atomic E-state index is 0.0565. The van der Waals surface area contributed by atoms with Crippen molar-refractivity contribution in [2.24, 2.45) is 0 Å². The van der Waals surface area contributed by atoms with Gasteiger partial charge in [0.2, 0.25) is 11.9 Å². The molecule has 98 valence electrons. The third kappa shape index (κ3) is 1.95. The van der Waals surface area contributed by atoms with Gasteiger partial charge < -0.3 is 11.5 Å². The van der Waals surface area contributed by atoms with Crippen LogP contribution >= 0.6 is 11.3 Å². The van der Waals surface area contributed by atoms with Gasteiger partial charge in [0, 0.05) is 4.88 Å². The van der Waals surface area contributed by atoms with Crippen molar-refractivity contribution >= 4 is 34.4 Å². The summed E-state index contributed by atoms with van der Waals surface area (Å²) in [5.41, 5.74) is 12.8. The maximum atomic E-state index is 11.7. The van der Waals surface area contributed by atoms with Gasteiger partial charge in [0.15, 0.2) is 11.2 Å². The molecule has 7 nitrogen and oxygen atoms in total. The number of H-pyrrole nitrogens is 1. The second kappa shape index (κ2) is 4.09. The Morgan fingerprint density at radius 3 is 2.89 bits per heavy atom. The average Bonchev–Trinajstić information content (AvgIpc) is 2.87. The van der Waals surface area contributed by atoms with Crippen molar-refractivity contribution in [3.05, 3.63) is 32.2 Å². The van der Waals surface area contributed by atoms with Crippen LogP contribution in [0.5, 0.6) is 0 Å². The van der Waals surface area contributed by atoms with E-state index in [1.54, 1.807) is 15.9 Å². The third-order valence-electron chi connectivity index (χ3n) is 2.75. The molecule has 0 saturated carbocycles. The SMILES string of the molecule is Cc1csc(Cn2c(N)nc3c(=O)[nH]c(N)nc32)c1. The number of nitrogen functional groups attached to an aromatic ring is 2. The molecule has 0 fully saturated rings. The summed E-state index contributed by atoms with van der Waals surface area (Å²) in [6, 6.07) is 2.06. The number of imidazole rings is 1. The highest BCUT2D eigenvalue weighted by Gasteiger charge is 2.14. The number of aromatic nitrogens is 4. The van der Waals surface area contributed by atoms with Crippen LogP contribution in [0.3, 0.4) is 0 Å². The maximum Gasteiger partial charge on any atom is 0.280 e. The first-order valence-corrected chi connectivity index (χ1v) is 6.48. The van der Waals surface area contributed by atoms with E-state index in [1.807, 2.05) is 6.92 Å². The van der Waals surface area contributed by atoms with Crippen LogP contribution < -0.4 is 17.0 Å². The zero-order valence-corrected chi connectivity index (χ0v) is 11.0. The number of hydrogen-bond donors (Lipinski definition) is 3. The summed E-state index contributed by atoms with van der Waals surface area (Å²) in [5, 5.41) is 2.05. The number of nitrogens with zero attached hydrogens (tertiary/aromatic N) is 3. The normalized spacial score (nSPS) is 11.2. The van der Waals surface area contributed by atoms with Crippen molar-refractivity contribution in [3.63, 3.8) is 0 Å². The van der Waals surface area contributed by atoms with Gasteiger partial charge in [-0.25, -0.2) is 4.98 Å². The molecule has 0 atom stereocenters. The van der Waals surface area contributed by atoms with E-state index in [1.165, 1.54) is 5.56 Å². The summed E-state index contributed by atoms with van der Waals surface area (Å²) in [6.45, 7) is 2.55. The molecule has 0 spiro atoms. The van der Waals surface area contributed by atoms with Gasteiger partial charge >= 0.3 is 0 Å². The average molecular weight is 276 g/mol. The van der Waals surface area contributed by atoms with E-state index in [9.17, 15) is 4.79 Å². The number of nitrogens with one attached hydrogen (secondary N) is 1. The quantitative estimate of drug-likeness (QED) is 0.637. The lowest BCUT2D eigenvalue weighted by Crippen LogP contribution is -2.12. The second-order valence-electron chi connectivity index (χ2n) is 4.27. The number of fused-ring (bicyclic) bond motifs is 1. The predicted molar refractivity (Wildman–Crippen MR) is 75.1 cm³/mol. The first-order valence-electron chi connectivity index (χ1n) is 5.60. The summed E-state index contributed by atoms with van der Waals surface area (Å²) >= 11 is 1.62. The summed E-state index contributed by atoms with van der Waals surface area (Å²) in [4.78, 5) is 23.4. The predicted octanol–water partition coefficient (Wildman–Crippen LogP) is 0.702. The molecule has 0 saturated heterocycles. The Bertz CT molecular complexity index is 814. The minimum Gasteiger partial charge on any atom is -0.369 e. The Balaban J connectivity index is 2.17. The first-order chi connectivity index (χ1) is 9.04. The van der Waals surface area contributed by atoms with Gasteiger partial charge in [0.1, 0.15) is 0 Å². The Morgan fingerprint density at radius 2 is 2.21 bits per heavy atom. The van der Waals surface area contributed by atoms with Crippen LogP contribution in [-0.4, -0.2) is 19.5 Å². The molecule has 8 heteroatoms. The molecule has 3 heterocycles. The fraction of sp³-hybridized carbons (Fsp3) is 0.182. The van der Waals surface area contributed by atoms with Crippen LogP contribution in [0, 0.1) is 6.92 Å². The molecular formula is C11H12N6OS. The second-order valence-corrected chi connectivity index (χ2v) is 5.27. The maximum absolute atomic E-state index is 11.7. The van der Waals surface area contributed by atoms with E-state index in [-0.39, 0.29) is 23.0 Å². The van der Waals surface area contributed by atoms with Crippen molar-refractivity contribution in [3.8, 4) is 0 Å². The number of aromatic amines is 1. The lowest BCUT2D eigenvalue weighted by atomic mass is 10.3. The molecule has 19 heavy (non-hydrogen) atoms. The zero-order chi connectivity index (χ0) is 13.6. The fourth-order valence-electron chi connectivity index (χ4n) is 1.93. The van der Waals surface area contributed by atoms with Crippen molar-refractivity contribution in [1.82, 2.24) is 19.5 Å². The molecule has 0 aliphatic rings. The van der Waals surface area contributed by atoms with Crippen LogP contribution in [0.15, 0.2) is 16.2 Å². The molecule has 0 radical (unpaired) electrons. The van der Waals surface area contributed by atoms with Crippen molar-refractivity contribution in [2.75, 3.05) is 11.5 Å². The molecule has 0 unspecified atom stereocenters. The summed E-state index contributed by atoms with van der Waals surface area (Å²) in [6.07, 6.45) is 0. The number of hydrogen-bond acceptors (Lipinski definition) is 6. The Kier molecular flexibility index (Phi) is 2.53. The molecule has 5 N–H and O–H groups in total. The fourth-order valence-corrected chi connectivity index (χ4v) is 2.79. The van der Waals surface area contributed by atoms with E-state index in [0.717, 1.165) is 4.88 Å². The van der Waals surface area contributed by atoms with Gasteiger partial charge in [-0.15, -0.1) is 11.3 Å². The van der Waals surface area contributed by atoms with Gasteiger partial charge in [-0.2, -0.15) is 4.98 Å². The van der Waals surface area contributed by atoms with Crippen LogP contribution in [-0.2, 0) is 6.54 Å². The van der Waals surface area contributed by atoms with Crippen LogP contribution in [0.2, 0.25) is 0 Å². The first kappa shape index (κ1) is 11.7. The van der Waals surface area contributed by atoms with Gasteiger partial charge in [-0.3, -0.25) is 14.3 Å². The lowest BCUT2D eigenvalue weighted by Gasteiger charge is -2.03. The van der Waals surface area contributed by atoms with Crippen LogP contribution in [0.4, 0.5) is 11.9 Å². The van der Waals surface area contributed by atoms with Gasteiger partial charge in [-0.1, -0.05) is 0 Å². The molecule has 0 aliphatic heterocycles. The highest BCUT2D eigenvalue weighted by atomic mass is 32.1. The van der Waals surface area contributed by atoms with Crippen molar-refractivity contribution in [2.45, 2.75) is 13.5 Å². The van der Waals surface area contributed by atoms with E-state index in [2.05, 4.69) is 26.4 Å².